The molecule has 2 fully saturated rings. The first-order valence-electron chi connectivity index (χ1n) is 7.77. The fourth-order valence-electron chi connectivity index (χ4n) is 3.27. The Balaban J connectivity index is 1.54. The van der Waals surface area contributed by atoms with E-state index in [2.05, 4.69) is 0 Å². The van der Waals surface area contributed by atoms with Gasteiger partial charge in [-0.25, -0.2) is 0 Å². The lowest BCUT2D eigenvalue weighted by Crippen LogP contribution is -2.44. The molecule has 1 aromatic carbocycles. The fourth-order valence-corrected chi connectivity index (χ4v) is 3.27. The van der Waals surface area contributed by atoms with Crippen molar-refractivity contribution in [3.8, 4) is 0 Å². The zero-order valence-electron chi connectivity index (χ0n) is 11.9. The van der Waals surface area contributed by atoms with E-state index in [1.165, 1.54) is 6.42 Å². The molecule has 1 aliphatic heterocycles. The fraction of sp³-hybridized carbons (Fsp3) is 0.588. The molecule has 0 bridgehead atoms. The third kappa shape index (κ3) is 2.73. The molecule has 1 saturated carbocycles. The second kappa shape index (κ2) is 5.96. The van der Waals surface area contributed by atoms with Crippen LogP contribution < -0.4 is 0 Å². The molecule has 3 heteroatoms. The number of amides is 1. The summed E-state index contributed by atoms with van der Waals surface area (Å²) in [6.07, 6.45) is 4.79. The maximum absolute atomic E-state index is 12.2. The summed E-state index contributed by atoms with van der Waals surface area (Å²) in [5, 5.41) is 10.4. The van der Waals surface area contributed by atoms with Crippen LogP contribution in [0.25, 0.3) is 0 Å². The molecular weight excluding hydrogens is 250 g/mol. The summed E-state index contributed by atoms with van der Waals surface area (Å²) >= 11 is 0. The van der Waals surface area contributed by atoms with Crippen LogP contribution in [-0.4, -0.2) is 29.0 Å². The van der Waals surface area contributed by atoms with Gasteiger partial charge in [-0.2, -0.15) is 0 Å². The highest BCUT2D eigenvalue weighted by Crippen LogP contribution is 2.33. The van der Waals surface area contributed by atoms with Gasteiger partial charge in [-0.1, -0.05) is 36.8 Å². The molecule has 2 aliphatic rings. The Bertz CT molecular complexity index is 447. The summed E-state index contributed by atoms with van der Waals surface area (Å²) in [4.78, 5) is 14.2. The molecule has 1 atom stereocenters. The minimum absolute atomic E-state index is 0.280. The van der Waals surface area contributed by atoms with Crippen molar-refractivity contribution in [3.05, 3.63) is 35.9 Å². The number of piperidine rings is 1. The van der Waals surface area contributed by atoms with E-state index >= 15 is 0 Å². The van der Waals surface area contributed by atoms with Crippen molar-refractivity contribution in [2.75, 3.05) is 13.1 Å². The second-order valence-corrected chi connectivity index (χ2v) is 6.15. The molecule has 1 aromatic rings. The molecule has 108 valence electrons. The summed E-state index contributed by atoms with van der Waals surface area (Å²) < 4.78 is 0. The molecule has 0 spiro atoms. The standard InChI is InChI=1S/C17H23NO2/c19-16(13-5-2-1-3-6-13)14-9-11-18(12-10-14)17(20)15-7-4-8-15/h1-3,5-6,14-16,19H,4,7-12H2/t16-/m0/s1. The van der Waals surface area contributed by atoms with Crippen LogP contribution in [0.3, 0.4) is 0 Å². The van der Waals surface area contributed by atoms with Gasteiger partial charge in [0.15, 0.2) is 0 Å². The van der Waals surface area contributed by atoms with Crippen LogP contribution in [0.5, 0.6) is 0 Å². The number of carbonyl (C=O) groups excluding carboxylic acids is 1. The number of rotatable bonds is 3. The van der Waals surface area contributed by atoms with Crippen molar-refractivity contribution >= 4 is 5.91 Å². The summed E-state index contributed by atoms with van der Waals surface area (Å²) in [5.74, 6) is 0.928. The predicted octanol–water partition coefficient (Wildman–Crippen LogP) is 2.76. The minimum Gasteiger partial charge on any atom is -0.388 e. The maximum atomic E-state index is 12.2. The lowest BCUT2D eigenvalue weighted by Gasteiger charge is -2.38. The van der Waals surface area contributed by atoms with Gasteiger partial charge in [0, 0.05) is 19.0 Å². The first-order chi connectivity index (χ1) is 9.75. The largest absolute Gasteiger partial charge is 0.388 e. The summed E-state index contributed by atoms with van der Waals surface area (Å²) in [7, 11) is 0. The van der Waals surface area contributed by atoms with Crippen LogP contribution in [-0.2, 0) is 4.79 Å². The van der Waals surface area contributed by atoms with E-state index in [4.69, 9.17) is 0 Å². The molecule has 1 heterocycles. The summed E-state index contributed by atoms with van der Waals surface area (Å²) in [5.41, 5.74) is 0.997. The number of aliphatic hydroxyl groups is 1. The third-order valence-electron chi connectivity index (χ3n) is 4.89. The lowest BCUT2D eigenvalue weighted by molar-refractivity contribution is -0.140. The SMILES string of the molecule is O=C(C1CCC1)N1CCC([C@@H](O)c2ccccc2)CC1. The molecule has 3 rings (SSSR count). The Hall–Kier alpha value is -1.35. The minimum atomic E-state index is -0.392. The van der Waals surface area contributed by atoms with Gasteiger partial charge in [-0.05, 0) is 37.2 Å². The topological polar surface area (TPSA) is 40.5 Å². The van der Waals surface area contributed by atoms with Gasteiger partial charge in [0.2, 0.25) is 5.91 Å². The maximum Gasteiger partial charge on any atom is 0.225 e. The van der Waals surface area contributed by atoms with Crippen molar-refractivity contribution in [3.63, 3.8) is 0 Å². The molecule has 20 heavy (non-hydrogen) atoms. The molecule has 3 nitrogen and oxygen atoms in total. The Morgan fingerprint density at radius 1 is 1.10 bits per heavy atom. The highest BCUT2D eigenvalue weighted by molar-refractivity contribution is 5.79. The molecule has 0 aromatic heterocycles. The number of benzene rings is 1. The van der Waals surface area contributed by atoms with Crippen LogP contribution >= 0.6 is 0 Å². The van der Waals surface area contributed by atoms with Crippen LogP contribution in [0.4, 0.5) is 0 Å². The highest BCUT2D eigenvalue weighted by atomic mass is 16.3. The van der Waals surface area contributed by atoms with Crippen molar-refractivity contribution in [1.82, 2.24) is 4.90 Å². The normalized spacial score (nSPS) is 22.4. The first-order valence-corrected chi connectivity index (χ1v) is 7.77. The first kappa shape index (κ1) is 13.6. The van der Waals surface area contributed by atoms with Gasteiger partial charge in [0.1, 0.15) is 0 Å². The third-order valence-corrected chi connectivity index (χ3v) is 4.89. The van der Waals surface area contributed by atoms with Crippen LogP contribution in [0.2, 0.25) is 0 Å². The van der Waals surface area contributed by atoms with Crippen molar-refractivity contribution in [1.29, 1.82) is 0 Å². The average Bonchev–Trinajstić information content (AvgIpc) is 2.46. The van der Waals surface area contributed by atoms with Crippen LogP contribution in [0.1, 0.15) is 43.8 Å². The van der Waals surface area contributed by atoms with E-state index in [0.29, 0.717) is 11.8 Å². The predicted molar refractivity (Wildman–Crippen MR) is 78.0 cm³/mol. The van der Waals surface area contributed by atoms with E-state index in [9.17, 15) is 9.90 Å². The smallest absolute Gasteiger partial charge is 0.225 e. The van der Waals surface area contributed by atoms with E-state index in [1.54, 1.807) is 0 Å². The summed E-state index contributed by atoms with van der Waals surface area (Å²) in [6.45, 7) is 1.62. The number of hydrogen-bond acceptors (Lipinski definition) is 2. The average molecular weight is 273 g/mol. The quantitative estimate of drug-likeness (QED) is 0.920. The Morgan fingerprint density at radius 2 is 1.75 bits per heavy atom. The van der Waals surface area contributed by atoms with Crippen LogP contribution in [0, 0.1) is 11.8 Å². The Kier molecular flexibility index (Phi) is 4.06. The molecule has 1 N–H and O–H groups in total. The number of carbonyl (C=O) groups is 1. The summed E-state index contributed by atoms with van der Waals surface area (Å²) in [6, 6.07) is 9.87. The van der Waals surface area contributed by atoms with Gasteiger partial charge in [0.05, 0.1) is 6.10 Å². The highest BCUT2D eigenvalue weighted by Gasteiger charge is 2.33. The molecule has 1 aliphatic carbocycles. The van der Waals surface area contributed by atoms with Gasteiger partial charge in [-0.15, -0.1) is 0 Å². The van der Waals surface area contributed by atoms with E-state index in [1.807, 2.05) is 35.2 Å². The van der Waals surface area contributed by atoms with E-state index < -0.39 is 6.10 Å². The number of likely N-dealkylation sites (tertiary alicyclic amines) is 1. The molecule has 0 unspecified atom stereocenters. The molecule has 0 radical (unpaired) electrons. The van der Waals surface area contributed by atoms with Crippen molar-refractivity contribution in [2.45, 2.75) is 38.2 Å². The van der Waals surface area contributed by atoms with Gasteiger partial charge in [0.25, 0.3) is 0 Å². The van der Waals surface area contributed by atoms with Crippen molar-refractivity contribution in [2.24, 2.45) is 11.8 Å². The molecule has 1 amide bonds. The Morgan fingerprint density at radius 3 is 2.30 bits per heavy atom. The number of nitrogens with zero attached hydrogens (tertiary/aromatic N) is 1. The van der Waals surface area contributed by atoms with Crippen molar-refractivity contribution < 1.29 is 9.90 Å². The van der Waals surface area contributed by atoms with Crippen LogP contribution in [0.15, 0.2) is 30.3 Å². The van der Waals surface area contributed by atoms with Gasteiger partial charge in [-0.3, -0.25) is 4.79 Å². The Labute approximate surface area is 120 Å². The number of hydrogen-bond donors (Lipinski definition) is 1. The van der Waals surface area contributed by atoms with E-state index in [0.717, 1.165) is 44.3 Å². The van der Waals surface area contributed by atoms with E-state index in [-0.39, 0.29) is 5.92 Å². The van der Waals surface area contributed by atoms with Gasteiger partial charge < -0.3 is 10.0 Å². The zero-order chi connectivity index (χ0) is 13.9. The number of aliphatic hydroxyl groups excluding tert-OH is 1. The molecule has 1 saturated heterocycles. The molecular formula is C17H23NO2. The second-order valence-electron chi connectivity index (χ2n) is 6.15. The van der Waals surface area contributed by atoms with Gasteiger partial charge >= 0.3 is 0 Å². The monoisotopic (exact) mass is 273 g/mol. The lowest BCUT2D eigenvalue weighted by atomic mass is 9.82. The zero-order valence-corrected chi connectivity index (χ0v) is 11.9.